The van der Waals surface area contributed by atoms with Gasteiger partial charge in [0.15, 0.2) is 5.52 Å². The van der Waals surface area contributed by atoms with Crippen LogP contribution in [0.5, 0.6) is 5.75 Å². The lowest BCUT2D eigenvalue weighted by Gasteiger charge is -2.09. The molecule has 110 valence electrons. The van der Waals surface area contributed by atoms with Crippen LogP contribution in [0.3, 0.4) is 0 Å². The first-order valence-corrected chi connectivity index (χ1v) is 7.29. The highest BCUT2D eigenvalue weighted by Crippen LogP contribution is 2.33. The van der Waals surface area contributed by atoms with Crippen molar-refractivity contribution >= 4 is 11.0 Å². The predicted molar refractivity (Wildman–Crippen MR) is 84.1 cm³/mol. The van der Waals surface area contributed by atoms with E-state index in [4.69, 9.17) is 4.74 Å². The molecule has 0 amide bonds. The van der Waals surface area contributed by atoms with Gasteiger partial charge in [-0.1, -0.05) is 12.1 Å². The number of nitrogens with zero attached hydrogens (tertiary/aromatic N) is 3. The maximum Gasteiger partial charge on any atom is 0.280 e. The number of fused-ring (bicyclic) bond motifs is 1. The van der Waals surface area contributed by atoms with Crippen LogP contribution < -0.4 is 10.3 Å². The first kappa shape index (κ1) is 13.0. The van der Waals surface area contributed by atoms with Gasteiger partial charge < -0.3 is 4.74 Å². The lowest BCUT2D eigenvalue weighted by molar-refractivity contribution is 0.416. The molecule has 4 rings (SSSR count). The Morgan fingerprint density at radius 2 is 2.00 bits per heavy atom. The second-order valence-corrected chi connectivity index (χ2v) is 5.45. The van der Waals surface area contributed by atoms with Crippen molar-refractivity contribution in [2.45, 2.75) is 18.9 Å². The summed E-state index contributed by atoms with van der Waals surface area (Å²) in [5, 5.41) is 0. The fourth-order valence-corrected chi connectivity index (χ4v) is 2.63. The monoisotopic (exact) mass is 293 g/mol. The molecule has 0 radical (unpaired) electrons. The van der Waals surface area contributed by atoms with Crippen LogP contribution in [-0.4, -0.2) is 21.6 Å². The van der Waals surface area contributed by atoms with Crippen LogP contribution in [-0.2, 0) is 0 Å². The summed E-state index contributed by atoms with van der Waals surface area (Å²) in [4.78, 5) is 21.5. The maximum atomic E-state index is 12.6. The Hall–Kier alpha value is -2.69. The van der Waals surface area contributed by atoms with Crippen LogP contribution in [0.15, 0.2) is 47.5 Å². The summed E-state index contributed by atoms with van der Waals surface area (Å²) in [6.07, 6.45) is 3.71. The molecule has 1 aliphatic rings. The lowest BCUT2D eigenvalue weighted by atomic mass is 10.1. The minimum atomic E-state index is -0.0655. The van der Waals surface area contributed by atoms with Gasteiger partial charge in [0.25, 0.3) is 5.56 Å². The van der Waals surface area contributed by atoms with Crippen LogP contribution in [0.2, 0.25) is 0 Å². The number of ether oxygens (including phenoxy) is 1. The second-order valence-electron chi connectivity index (χ2n) is 5.45. The van der Waals surface area contributed by atoms with Gasteiger partial charge >= 0.3 is 0 Å². The van der Waals surface area contributed by atoms with Gasteiger partial charge in [0.1, 0.15) is 5.75 Å². The summed E-state index contributed by atoms with van der Waals surface area (Å²) in [5.41, 5.74) is 2.56. The third kappa shape index (κ3) is 2.06. The highest BCUT2D eigenvalue weighted by Gasteiger charge is 2.25. The van der Waals surface area contributed by atoms with Crippen molar-refractivity contribution in [3.8, 4) is 17.0 Å². The molecular weight excluding hydrogens is 278 g/mol. The van der Waals surface area contributed by atoms with E-state index in [0.717, 1.165) is 29.8 Å². The van der Waals surface area contributed by atoms with Crippen molar-refractivity contribution in [1.82, 2.24) is 14.5 Å². The minimum absolute atomic E-state index is 0.0655. The quantitative estimate of drug-likeness (QED) is 0.745. The van der Waals surface area contributed by atoms with Crippen molar-refractivity contribution in [3.05, 3.63) is 53.1 Å². The number of methoxy groups -OCH3 is 1. The highest BCUT2D eigenvalue weighted by atomic mass is 16.5. The van der Waals surface area contributed by atoms with Gasteiger partial charge in [-0.15, -0.1) is 0 Å². The predicted octanol–water partition coefficient (Wildman–Crippen LogP) is 2.80. The number of hydrogen-bond acceptors (Lipinski definition) is 4. The number of para-hydroxylation sites is 1. The van der Waals surface area contributed by atoms with Crippen molar-refractivity contribution in [2.24, 2.45) is 0 Å². The molecule has 0 saturated heterocycles. The Morgan fingerprint density at radius 1 is 1.18 bits per heavy atom. The zero-order chi connectivity index (χ0) is 15.1. The fraction of sp³-hybridized carbons (Fsp3) is 0.235. The molecule has 0 atom stereocenters. The van der Waals surface area contributed by atoms with Gasteiger partial charge in [-0.05, 0) is 37.1 Å². The van der Waals surface area contributed by atoms with Gasteiger partial charge in [0.2, 0.25) is 0 Å². The average Bonchev–Trinajstić information content (AvgIpc) is 3.40. The van der Waals surface area contributed by atoms with E-state index < -0.39 is 0 Å². The van der Waals surface area contributed by atoms with Crippen LogP contribution in [0.4, 0.5) is 0 Å². The van der Waals surface area contributed by atoms with Crippen molar-refractivity contribution < 1.29 is 4.74 Å². The second kappa shape index (κ2) is 4.94. The summed E-state index contributed by atoms with van der Waals surface area (Å²) in [7, 11) is 1.63. The van der Waals surface area contributed by atoms with E-state index in [0.29, 0.717) is 17.1 Å². The molecule has 5 heteroatoms. The number of hydrogen-bond donors (Lipinski definition) is 0. The first-order chi connectivity index (χ1) is 10.8. The molecule has 1 fully saturated rings. The first-order valence-electron chi connectivity index (χ1n) is 7.29. The topological polar surface area (TPSA) is 57.0 Å². The smallest absolute Gasteiger partial charge is 0.280 e. The average molecular weight is 293 g/mol. The number of pyridine rings is 1. The number of rotatable bonds is 3. The third-order valence-electron chi connectivity index (χ3n) is 3.96. The third-order valence-corrected chi connectivity index (χ3v) is 3.96. The summed E-state index contributed by atoms with van der Waals surface area (Å²) < 4.78 is 7.07. The fourth-order valence-electron chi connectivity index (χ4n) is 2.63. The molecule has 1 aliphatic carbocycles. The molecule has 2 heterocycles. The summed E-state index contributed by atoms with van der Waals surface area (Å²) in [5.74, 6) is 0.737. The van der Waals surface area contributed by atoms with Crippen LogP contribution in [0, 0.1) is 0 Å². The van der Waals surface area contributed by atoms with E-state index >= 15 is 0 Å². The Morgan fingerprint density at radius 3 is 2.77 bits per heavy atom. The van der Waals surface area contributed by atoms with E-state index in [1.165, 1.54) is 0 Å². The lowest BCUT2D eigenvalue weighted by Crippen LogP contribution is -2.20. The molecule has 3 aromatic rings. The summed E-state index contributed by atoms with van der Waals surface area (Å²) >= 11 is 0. The zero-order valence-electron chi connectivity index (χ0n) is 12.2. The molecule has 0 bridgehead atoms. The molecule has 22 heavy (non-hydrogen) atoms. The molecule has 0 spiro atoms. The van der Waals surface area contributed by atoms with Gasteiger partial charge in [0, 0.05) is 11.6 Å². The van der Waals surface area contributed by atoms with Crippen LogP contribution in [0.25, 0.3) is 22.3 Å². The molecule has 0 aliphatic heterocycles. The van der Waals surface area contributed by atoms with E-state index in [2.05, 4.69) is 9.97 Å². The van der Waals surface area contributed by atoms with Crippen molar-refractivity contribution in [2.75, 3.05) is 7.11 Å². The van der Waals surface area contributed by atoms with Gasteiger partial charge in [-0.2, -0.15) is 0 Å². The molecule has 0 N–H and O–H groups in total. The molecule has 5 nitrogen and oxygen atoms in total. The SMILES string of the molecule is COc1ccccc1-c1ccc2ncn(C3CC3)c(=O)c2n1. The van der Waals surface area contributed by atoms with E-state index in [1.807, 2.05) is 36.4 Å². The molecule has 1 saturated carbocycles. The Kier molecular flexibility index (Phi) is 2.92. The largest absolute Gasteiger partial charge is 0.496 e. The van der Waals surface area contributed by atoms with E-state index in [9.17, 15) is 4.79 Å². The van der Waals surface area contributed by atoms with Crippen molar-refractivity contribution in [1.29, 1.82) is 0 Å². The Bertz CT molecular complexity index is 913. The molecule has 2 aromatic heterocycles. The number of benzene rings is 1. The minimum Gasteiger partial charge on any atom is -0.496 e. The normalized spacial score (nSPS) is 14.2. The van der Waals surface area contributed by atoms with Crippen LogP contribution in [0.1, 0.15) is 18.9 Å². The summed E-state index contributed by atoms with van der Waals surface area (Å²) in [6.45, 7) is 0. The van der Waals surface area contributed by atoms with Gasteiger partial charge in [-0.3, -0.25) is 9.36 Å². The molecular formula is C17H15N3O2. The van der Waals surface area contributed by atoms with Crippen LogP contribution >= 0.6 is 0 Å². The standard InChI is InChI=1S/C17H15N3O2/c1-22-15-5-3-2-4-12(15)13-8-9-14-16(19-13)17(21)20(10-18-14)11-6-7-11/h2-5,8-11H,6-7H2,1H3. The van der Waals surface area contributed by atoms with Gasteiger partial charge in [-0.25, -0.2) is 9.97 Å². The molecule has 0 unspecified atom stereocenters. The molecule has 1 aromatic carbocycles. The van der Waals surface area contributed by atoms with Crippen molar-refractivity contribution in [3.63, 3.8) is 0 Å². The zero-order valence-corrected chi connectivity index (χ0v) is 12.2. The van der Waals surface area contributed by atoms with Gasteiger partial charge in [0.05, 0.1) is 24.6 Å². The highest BCUT2D eigenvalue weighted by molar-refractivity contribution is 5.78. The Balaban J connectivity index is 1.93. The Labute approximate surface area is 127 Å². The summed E-state index contributed by atoms with van der Waals surface area (Å²) in [6, 6.07) is 11.6. The number of aromatic nitrogens is 3. The van der Waals surface area contributed by atoms with E-state index in [-0.39, 0.29) is 5.56 Å². The maximum absolute atomic E-state index is 12.6. The van der Waals surface area contributed by atoms with E-state index in [1.54, 1.807) is 18.0 Å².